The maximum absolute atomic E-state index is 11.8. The molecule has 2 heterocycles. The summed E-state index contributed by atoms with van der Waals surface area (Å²) < 4.78 is 5.10. The van der Waals surface area contributed by atoms with Gasteiger partial charge in [-0.2, -0.15) is 0 Å². The molecule has 0 amide bonds. The van der Waals surface area contributed by atoms with Crippen molar-refractivity contribution in [3.8, 4) is 0 Å². The highest BCUT2D eigenvalue weighted by molar-refractivity contribution is 5.93. The van der Waals surface area contributed by atoms with E-state index in [9.17, 15) is 9.59 Å². The number of ether oxygens (including phenoxy) is 1. The van der Waals surface area contributed by atoms with Gasteiger partial charge in [-0.15, -0.1) is 0 Å². The van der Waals surface area contributed by atoms with Gasteiger partial charge in [-0.3, -0.25) is 9.59 Å². The van der Waals surface area contributed by atoms with Crippen LogP contribution < -0.4 is 4.90 Å². The Morgan fingerprint density at radius 2 is 2.13 bits per heavy atom. The predicted octanol–water partition coefficient (Wildman–Crippen LogP) is 2.22. The molecule has 0 unspecified atom stereocenters. The lowest BCUT2D eigenvalue weighted by Crippen LogP contribution is -2.37. The van der Waals surface area contributed by atoms with E-state index in [1.165, 1.54) is 6.33 Å². The Hall–Kier alpha value is -2.50. The second kappa shape index (κ2) is 6.73. The molecule has 2 aromatic rings. The fourth-order valence-electron chi connectivity index (χ4n) is 2.97. The first-order valence-corrected chi connectivity index (χ1v) is 7.84. The van der Waals surface area contributed by atoms with Gasteiger partial charge in [0.15, 0.2) is 0 Å². The van der Waals surface area contributed by atoms with Gasteiger partial charge in [0.1, 0.15) is 18.4 Å². The van der Waals surface area contributed by atoms with Crippen LogP contribution in [0.2, 0.25) is 0 Å². The molecule has 6 heteroatoms. The van der Waals surface area contributed by atoms with E-state index in [2.05, 4.69) is 14.9 Å². The summed E-state index contributed by atoms with van der Waals surface area (Å²) in [4.78, 5) is 33.6. The lowest BCUT2D eigenvalue weighted by Gasteiger charge is -2.32. The predicted molar refractivity (Wildman–Crippen MR) is 86.5 cm³/mol. The van der Waals surface area contributed by atoms with Gasteiger partial charge >= 0.3 is 5.97 Å². The van der Waals surface area contributed by atoms with E-state index >= 15 is 0 Å². The average molecular weight is 313 g/mol. The summed E-state index contributed by atoms with van der Waals surface area (Å²) in [7, 11) is 0. The summed E-state index contributed by atoms with van der Waals surface area (Å²) in [6.45, 7) is 3.72. The van der Waals surface area contributed by atoms with Crippen LogP contribution in [0.3, 0.4) is 0 Å². The number of carbonyl (C=O) groups excluding carboxylic acids is 2. The molecular weight excluding hydrogens is 294 g/mol. The maximum atomic E-state index is 11.8. The van der Waals surface area contributed by atoms with E-state index in [0.29, 0.717) is 12.2 Å². The van der Waals surface area contributed by atoms with Crippen LogP contribution in [0.15, 0.2) is 24.5 Å². The van der Waals surface area contributed by atoms with Gasteiger partial charge in [-0.1, -0.05) is 0 Å². The SMILES string of the molecule is CCOC(=O)C1CCN(c2ncnc3ccc(C=O)cc23)CC1. The summed E-state index contributed by atoms with van der Waals surface area (Å²) in [5.41, 5.74) is 1.42. The molecule has 3 rings (SSSR count). The van der Waals surface area contributed by atoms with E-state index in [1.54, 1.807) is 6.07 Å². The van der Waals surface area contributed by atoms with Gasteiger partial charge in [0, 0.05) is 24.0 Å². The summed E-state index contributed by atoms with van der Waals surface area (Å²) in [5, 5.41) is 0.867. The molecule has 0 atom stereocenters. The number of benzene rings is 1. The largest absolute Gasteiger partial charge is 0.466 e. The first-order chi connectivity index (χ1) is 11.2. The molecule has 1 aliphatic heterocycles. The van der Waals surface area contributed by atoms with Crippen LogP contribution in [0.5, 0.6) is 0 Å². The number of piperidine rings is 1. The second-order valence-electron chi connectivity index (χ2n) is 5.61. The monoisotopic (exact) mass is 313 g/mol. The normalized spacial score (nSPS) is 15.6. The molecule has 0 radical (unpaired) electrons. The fourth-order valence-corrected chi connectivity index (χ4v) is 2.97. The lowest BCUT2D eigenvalue weighted by atomic mass is 9.96. The van der Waals surface area contributed by atoms with Crippen LogP contribution in [0.4, 0.5) is 5.82 Å². The average Bonchev–Trinajstić information content (AvgIpc) is 2.61. The zero-order valence-corrected chi connectivity index (χ0v) is 13.1. The van der Waals surface area contributed by atoms with Crippen LogP contribution in [-0.4, -0.2) is 41.9 Å². The zero-order chi connectivity index (χ0) is 16.2. The molecule has 23 heavy (non-hydrogen) atoms. The molecular formula is C17H19N3O3. The van der Waals surface area contributed by atoms with E-state index in [1.807, 2.05) is 19.1 Å². The molecule has 0 bridgehead atoms. The van der Waals surface area contributed by atoms with Crippen molar-refractivity contribution in [2.75, 3.05) is 24.6 Å². The number of aromatic nitrogens is 2. The number of nitrogens with zero attached hydrogens (tertiary/aromatic N) is 3. The van der Waals surface area contributed by atoms with Crippen LogP contribution in [0.25, 0.3) is 10.9 Å². The van der Waals surface area contributed by atoms with Crippen molar-refractivity contribution in [1.29, 1.82) is 0 Å². The molecule has 1 aromatic carbocycles. The molecule has 0 N–H and O–H groups in total. The first-order valence-electron chi connectivity index (χ1n) is 7.84. The van der Waals surface area contributed by atoms with E-state index in [4.69, 9.17) is 4.74 Å². The molecule has 6 nitrogen and oxygen atoms in total. The fraction of sp³-hybridized carbons (Fsp3) is 0.412. The first kappa shape index (κ1) is 15.4. The third-order valence-electron chi connectivity index (χ3n) is 4.19. The summed E-state index contributed by atoms with van der Waals surface area (Å²) in [6, 6.07) is 5.39. The number of carbonyl (C=O) groups is 2. The standard InChI is InChI=1S/C17H19N3O3/c1-2-23-17(22)13-5-7-20(8-6-13)16-14-9-12(10-21)3-4-15(14)18-11-19-16/h3-4,9-11,13H,2,5-8H2,1H3. The third kappa shape index (κ3) is 3.16. The number of fused-ring (bicyclic) bond motifs is 1. The quantitative estimate of drug-likeness (QED) is 0.636. The number of hydrogen-bond acceptors (Lipinski definition) is 6. The topological polar surface area (TPSA) is 72.4 Å². The smallest absolute Gasteiger partial charge is 0.309 e. The lowest BCUT2D eigenvalue weighted by molar-refractivity contribution is -0.148. The highest BCUT2D eigenvalue weighted by atomic mass is 16.5. The van der Waals surface area contributed by atoms with Crippen molar-refractivity contribution in [3.63, 3.8) is 0 Å². The van der Waals surface area contributed by atoms with Gasteiger partial charge in [0.25, 0.3) is 0 Å². The van der Waals surface area contributed by atoms with Gasteiger partial charge in [0.05, 0.1) is 18.0 Å². The number of aldehydes is 1. The maximum Gasteiger partial charge on any atom is 0.309 e. The van der Waals surface area contributed by atoms with Gasteiger partial charge in [-0.25, -0.2) is 9.97 Å². The van der Waals surface area contributed by atoms with E-state index < -0.39 is 0 Å². The van der Waals surface area contributed by atoms with E-state index in [0.717, 1.165) is 48.9 Å². The number of anilines is 1. The van der Waals surface area contributed by atoms with Crippen molar-refractivity contribution >= 4 is 29.0 Å². The Bertz CT molecular complexity index is 724. The summed E-state index contributed by atoms with van der Waals surface area (Å²) >= 11 is 0. The molecule has 1 fully saturated rings. The van der Waals surface area contributed by atoms with Crippen molar-refractivity contribution in [2.45, 2.75) is 19.8 Å². The number of hydrogen-bond donors (Lipinski definition) is 0. The van der Waals surface area contributed by atoms with Crippen LogP contribution in [0, 0.1) is 5.92 Å². The molecule has 1 saturated heterocycles. The van der Waals surface area contributed by atoms with Crippen molar-refractivity contribution in [2.24, 2.45) is 5.92 Å². The van der Waals surface area contributed by atoms with Crippen molar-refractivity contribution in [3.05, 3.63) is 30.1 Å². The summed E-state index contributed by atoms with van der Waals surface area (Å²) in [5.74, 6) is 0.675. The second-order valence-corrected chi connectivity index (χ2v) is 5.61. The van der Waals surface area contributed by atoms with Gasteiger partial charge in [-0.05, 0) is 38.0 Å². The zero-order valence-electron chi connectivity index (χ0n) is 13.1. The Morgan fingerprint density at radius 1 is 1.35 bits per heavy atom. The Balaban J connectivity index is 1.82. The Morgan fingerprint density at radius 3 is 2.83 bits per heavy atom. The highest BCUT2D eigenvalue weighted by Gasteiger charge is 2.27. The Kier molecular flexibility index (Phi) is 4.50. The van der Waals surface area contributed by atoms with Crippen molar-refractivity contribution < 1.29 is 14.3 Å². The van der Waals surface area contributed by atoms with Crippen molar-refractivity contribution in [1.82, 2.24) is 9.97 Å². The Labute approximate surface area is 134 Å². The summed E-state index contributed by atoms with van der Waals surface area (Å²) in [6.07, 6.45) is 3.86. The molecule has 1 aromatic heterocycles. The van der Waals surface area contributed by atoms with Gasteiger partial charge in [0.2, 0.25) is 0 Å². The molecule has 120 valence electrons. The van der Waals surface area contributed by atoms with Crippen LogP contribution in [-0.2, 0) is 9.53 Å². The minimum atomic E-state index is -0.108. The molecule has 0 saturated carbocycles. The third-order valence-corrected chi connectivity index (χ3v) is 4.19. The highest BCUT2D eigenvalue weighted by Crippen LogP contribution is 2.28. The minimum absolute atomic E-state index is 0.0372. The number of rotatable bonds is 4. The molecule has 0 spiro atoms. The van der Waals surface area contributed by atoms with Crippen LogP contribution >= 0.6 is 0 Å². The molecule has 1 aliphatic rings. The minimum Gasteiger partial charge on any atom is -0.466 e. The van der Waals surface area contributed by atoms with Gasteiger partial charge < -0.3 is 9.64 Å². The molecule has 0 aliphatic carbocycles. The van der Waals surface area contributed by atoms with E-state index in [-0.39, 0.29) is 11.9 Å². The number of esters is 1. The van der Waals surface area contributed by atoms with Crippen LogP contribution in [0.1, 0.15) is 30.1 Å².